The van der Waals surface area contributed by atoms with Crippen LogP contribution in [0.5, 0.6) is 0 Å². The maximum Gasteiger partial charge on any atom is 0.472 e. The summed E-state index contributed by atoms with van der Waals surface area (Å²) in [5.41, 5.74) is 0. The Morgan fingerprint density at radius 3 is 1.14 bits per heavy atom. The summed E-state index contributed by atoms with van der Waals surface area (Å²) < 4.78 is 23.6. The monoisotopic (exact) mass is 860 g/mol. The highest BCUT2D eigenvalue weighted by Gasteiger charge is 2.28. The second kappa shape index (κ2) is 42.8. The van der Waals surface area contributed by atoms with Crippen molar-refractivity contribution in [1.82, 2.24) is 5.32 Å². The van der Waals surface area contributed by atoms with Gasteiger partial charge in [-0.1, -0.05) is 245 Å². The summed E-state index contributed by atoms with van der Waals surface area (Å²) in [6.07, 6.45) is 48.8. The summed E-state index contributed by atoms with van der Waals surface area (Å²) in [6, 6.07) is -0.752. The second-order valence-corrected chi connectivity index (χ2v) is 20.7. The van der Waals surface area contributed by atoms with Crippen LogP contribution in [0.2, 0.25) is 0 Å². The van der Waals surface area contributed by atoms with Gasteiger partial charge in [-0.05, 0) is 12.8 Å². The fourth-order valence-corrected chi connectivity index (χ4v) is 8.73. The molecule has 0 aromatic carbocycles. The summed E-state index contributed by atoms with van der Waals surface area (Å²) in [5.74, 6) is -0.144. The maximum absolute atomic E-state index is 12.8. The first-order chi connectivity index (χ1) is 28.5. The number of likely N-dealkylation sites (N-methyl/N-ethyl adjacent to an activating group) is 1. The smallest absolute Gasteiger partial charge is 0.391 e. The first-order valence-corrected chi connectivity index (χ1v) is 27.4. The number of carbonyl (C=O) groups is 1. The van der Waals surface area contributed by atoms with Gasteiger partial charge in [0.2, 0.25) is 5.91 Å². The molecule has 0 heterocycles. The molecule has 3 N–H and O–H groups in total. The summed E-state index contributed by atoms with van der Waals surface area (Å²) >= 11 is 0. The lowest BCUT2D eigenvalue weighted by molar-refractivity contribution is -0.870. The second-order valence-electron chi connectivity index (χ2n) is 19.3. The molecule has 0 aromatic heterocycles. The van der Waals surface area contributed by atoms with Crippen LogP contribution in [-0.2, 0) is 18.4 Å². The Balaban J connectivity index is 3.99. The van der Waals surface area contributed by atoms with Gasteiger partial charge in [-0.15, -0.1) is 0 Å². The number of hydrogen-bond donors (Lipinski definition) is 3. The third kappa shape index (κ3) is 45.3. The summed E-state index contributed by atoms with van der Waals surface area (Å²) in [4.78, 5) is 23.1. The average Bonchev–Trinajstić information content (AvgIpc) is 3.19. The summed E-state index contributed by atoms with van der Waals surface area (Å²) in [5, 5.41) is 14.0. The van der Waals surface area contributed by atoms with E-state index in [2.05, 4.69) is 19.2 Å². The van der Waals surface area contributed by atoms with Crippen LogP contribution in [0.25, 0.3) is 0 Å². The predicted molar refractivity (Wildman–Crippen MR) is 254 cm³/mol. The molecule has 0 aliphatic carbocycles. The normalized spacial score (nSPS) is 14.1. The Morgan fingerprint density at radius 2 is 0.814 bits per heavy atom. The van der Waals surface area contributed by atoms with Crippen molar-refractivity contribution in [1.29, 1.82) is 0 Å². The van der Waals surface area contributed by atoms with Crippen molar-refractivity contribution in [3.05, 3.63) is 0 Å². The van der Waals surface area contributed by atoms with E-state index in [0.29, 0.717) is 23.9 Å². The minimum atomic E-state index is -4.31. The number of nitrogens with one attached hydrogen (secondary N) is 1. The standard InChI is InChI=1S/C50H103N2O6P/c1-6-8-10-12-14-16-17-18-19-20-21-22-23-24-25-26-27-28-29-30-31-32-33-34-36-37-39-41-43-49(53)48(47-58-59(55,56)57-46-45-52(3,4)5)51-50(54)44-42-40-38-35-15-13-11-9-7-2/h48-49,53H,6-47H2,1-5H3,(H-,51,54,55,56)/p+1. The molecule has 0 rings (SSSR count). The molecule has 0 aliphatic heterocycles. The van der Waals surface area contributed by atoms with Crippen LogP contribution in [0.3, 0.4) is 0 Å². The third-order valence-electron chi connectivity index (χ3n) is 12.1. The molecule has 0 fully saturated rings. The van der Waals surface area contributed by atoms with Gasteiger partial charge in [-0.3, -0.25) is 13.8 Å². The summed E-state index contributed by atoms with van der Waals surface area (Å²) in [6.45, 7) is 4.90. The zero-order valence-corrected chi connectivity index (χ0v) is 41.2. The van der Waals surface area contributed by atoms with Crippen LogP contribution in [0.4, 0.5) is 0 Å². The van der Waals surface area contributed by atoms with E-state index in [0.717, 1.165) is 38.5 Å². The van der Waals surface area contributed by atoms with Gasteiger partial charge in [0.05, 0.1) is 39.9 Å². The van der Waals surface area contributed by atoms with E-state index < -0.39 is 20.0 Å². The predicted octanol–water partition coefficient (Wildman–Crippen LogP) is 14.9. The van der Waals surface area contributed by atoms with Crippen LogP contribution in [0.1, 0.15) is 264 Å². The largest absolute Gasteiger partial charge is 0.472 e. The molecule has 8 nitrogen and oxygen atoms in total. The lowest BCUT2D eigenvalue weighted by atomic mass is 10.0. The van der Waals surface area contributed by atoms with Crippen molar-refractivity contribution in [2.45, 2.75) is 276 Å². The van der Waals surface area contributed by atoms with Crippen LogP contribution in [0.15, 0.2) is 0 Å². The van der Waals surface area contributed by atoms with Gasteiger partial charge in [0.25, 0.3) is 0 Å². The fraction of sp³-hybridized carbons (Fsp3) is 0.980. The number of amides is 1. The highest BCUT2D eigenvalue weighted by Crippen LogP contribution is 2.43. The Hall–Kier alpha value is -0.500. The topological polar surface area (TPSA) is 105 Å². The van der Waals surface area contributed by atoms with Crippen molar-refractivity contribution in [3.8, 4) is 0 Å². The molecule has 0 aromatic rings. The molecule has 9 heteroatoms. The third-order valence-corrected chi connectivity index (χ3v) is 13.1. The van der Waals surface area contributed by atoms with Crippen molar-refractivity contribution in [2.24, 2.45) is 0 Å². The Bertz CT molecular complexity index is 932. The van der Waals surface area contributed by atoms with E-state index in [1.165, 1.54) is 199 Å². The minimum absolute atomic E-state index is 0.0785. The molecule has 0 saturated carbocycles. The molecule has 59 heavy (non-hydrogen) atoms. The van der Waals surface area contributed by atoms with Crippen molar-refractivity contribution in [3.63, 3.8) is 0 Å². The number of quaternary nitrogens is 1. The van der Waals surface area contributed by atoms with Crippen LogP contribution >= 0.6 is 7.82 Å². The number of rotatable bonds is 48. The van der Waals surface area contributed by atoms with Gasteiger partial charge in [-0.25, -0.2) is 4.57 Å². The van der Waals surface area contributed by atoms with Gasteiger partial charge >= 0.3 is 7.82 Å². The average molecular weight is 860 g/mol. The number of phosphoric ester groups is 1. The van der Waals surface area contributed by atoms with Crippen LogP contribution < -0.4 is 5.32 Å². The molecule has 0 radical (unpaired) electrons. The number of aliphatic hydroxyl groups excluding tert-OH is 1. The van der Waals surface area contributed by atoms with Gasteiger partial charge < -0.3 is 19.8 Å². The fourth-order valence-electron chi connectivity index (χ4n) is 7.99. The number of hydrogen-bond acceptors (Lipinski definition) is 5. The van der Waals surface area contributed by atoms with Gasteiger partial charge in [0.15, 0.2) is 0 Å². The zero-order valence-electron chi connectivity index (χ0n) is 40.3. The SMILES string of the molecule is CCCCCCCCCCCCCCCCCCCCCCCCCCCCCCC(O)C(COP(=O)(O)OCC[N+](C)(C)C)NC(=O)CCCCCCCCCCC. The quantitative estimate of drug-likeness (QED) is 0.0320. The molecule has 3 atom stereocenters. The van der Waals surface area contributed by atoms with Crippen molar-refractivity contribution < 1.29 is 32.9 Å². The Morgan fingerprint density at radius 1 is 0.508 bits per heavy atom. The van der Waals surface area contributed by atoms with Gasteiger partial charge in [0.1, 0.15) is 13.2 Å². The zero-order chi connectivity index (χ0) is 43.6. The molecule has 1 amide bonds. The van der Waals surface area contributed by atoms with E-state index in [4.69, 9.17) is 9.05 Å². The molecule has 3 unspecified atom stereocenters. The molecule has 0 saturated heterocycles. The minimum Gasteiger partial charge on any atom is -0.391 e. The van der Waals surface area contributed by atoms with Crippen molar-refractivity contribution >= 4 is 13.7 Å². The number of nitrogens with zero attached hydrogens (tertiary/aromatic N) is 1. The van der Waals surface area contributed by atoms with E-state index in [1.807, 2.05) is 21.1 Å². The molecule has 0 bridgehead atoms. The lowest BCUT2D eigenvalue weighted by Crippen LogP contribution is -2.46. The van der Waals surface area contributed by atoms with E-state index >= 15 is 0 Å². The highest BCUT2D eigenvalue weighted by atomic mass is 31.2. The van der Waals surface area contributed by atoms with Crippen LogP contribution in [-0.4, -0.2) is 73.4 Å². The Labute approximate surface area is 368 Å². The first kappa shape index (κ1) is 58.5. The van der Waals surface area contributed by atoms with E-state index in [-0.39, 0.29) is 19.1 Å². The molecular formula is C50H104N2O6P+. The number of phosphoric acid groups is 1. The molecule has 0 spiro atoms. The van der Waals surface area contributed by atoms with Gasteiger partial charge in [0, 0.05) is 6.42 Å². The number of unbranched alkanes of at least 4 members (excludes halogenated alkanes) is 35. The number of carbonyl (C=O) groups excluding carboxylic acids is 1. The molecule has 0 aliphatic rings. The first-order valence-electron chi connectivity index (χ1n) is 25.9. The summed E-state index contributed by atoms with van der Waals surface area (Å²) in [7, 11) is 1.63. The van der Waals surface area contributed by atoms with Gasteiger partial charge in [-0.2, -0.15) is 0 Å². The maximum atomic E-state index is 12.8. The van der Waals surface area contributed by atoms with E-state index in [1.54, 1.807) is 0 Å². The molecular weight excluding hydrogens is 756 g/mol. The van der Waals surface area contributed by atoms with Crippen LogP contribution in [0, 0.1) is 0 Å². The molecule has 354 valence electrons. The van der Waals surface area contributed by atoms with E-state index in [9.17, 15) is 19.4 Å². The lowest BCUT2D eigenvalue weighted by Gasteiger charge is -2.26. The highest BCUT2D eigenvalue weighted by molar-refractivity contribution is 7.47. The number of aliphatic hydroxyl groups is 1. The Kier molecular flexibility index (Phi) is 42.4. The van der Waals surface area contributed by atoms with Crippen molar-refractivity contribution in [2.75, 3.05) is 40.9 Å².